The van der Waals surface area contributed by atoms with E-state index < -0.39 is 0 Å². The van der Waals surface area contributed by atoms with Crippen LogP contribution in [0, 0.1) is 0 Å². The number of thiazole rings is 1. The van der Waals surface area contributed by atoms with Crippen molar-refractivity contribution in [2.24, 2.45) is 0 Å². The lowest BCUT2D eigenvalue weighted by molar-refractivity contribution is -0.133. The van der Waals surface area contributed by atoms with Crippen molar-refractivity contribution < 1.29 is 9.59 Å². The van der Waals surface area contributed by atoms with Gasteiger partial charge in [-0.15, -0.1) is 22.7 Å². The van der Waals surface area contributed by atoms with Crippen LogP contribution in [-0.2, 0) is 16.0 Å². The normalized spacial score (nSPS) is 16.0. The fraction of sp³-hybridized carbons (Fsp3) is 0.400. The number of carbonyl (C=O) groups is 2. The molecule has 5 nitrogen and oxygen atoms in total. The van der Waals surface area contributed by atoms with E-state index in [1.54, 1.807) is 22.4 Å². The van der Waals surface area contributed by atoms with Gasteiger partial charge in [0.05, 0.1) is 12.6 Å². The highest BCUT2D eigenvalue weighted by Gasteiger charge is 2.24. The van der Waals surface area contributed by atoms with Crippen molar-refractivity contribution in [3.63, 3.8) is 0 Å². The molecule has 116 valence electrons. The number of thiophene rings is 1. The number of likely N-dealkylation sites (tertiary alicyclic amines) is 1. The molecule has 22 heavy (non-hydrogen) atoms. The van der Waals surface area contributed by atoms with Gasteiger partial charge >= 0.3 is 0 Å². The Bertz CT molecular complexity index is 625. The number of rotatable bonds is 6. The summed E-state index contributed by atoms with van der Waals surface area (Å²) in [6.07, 6.45) is 3.87. The summed E-state index contributed by atoms with van der Waals surface area (Å²) in [5.41, 5.74) is 0. The first-order valence-electron chi connectivity index (χ1n) is 7.21. The molecule has 0 aromatic carbocycles. The number of hydrogen-bond acceptors (Lipinski definition) is 5. The Morgan fingerprint density at radius 1 is 1.41 bits per heavy atom. The fourth-order valence-electron chi connectivity index (χ4n) is 2.52. The maximum Gasteiger partial charge on any atom is 0.240 e. The molecule has 2 aromatic rings. The Balaban J connectivity index is 1.64. The van der Waals surface area contributed by atoms with Crippen LogP contribution in [0.25, 0.3) is 0 Å². The van der Waals surface area contributed by atoms with Crippen molar-refractivity contribution in [2.45, 2.75) is 25.3 Å². The molecule has 0 spiro atoms. The van der Waals surface area contributed by atoms with Gasteiger partial charge in [0.15, 0.2) is 0 Å². The van der Waals surface area contributed by atoms with Gasteiger partial charge in [-0.05, 0) is 17.9 Å². The van der Waals surface area contributed by atoms with Crippen LogP contribution < -0.4 is 5.32 Å². The molecule has 0 bridgehead atoms. The lowest BCUT2D eigenvalue weighted by atomic mass is 10.2. The largest absolute Gasteiger partial charge is 0.345 e. The summed E-state index contributed by atoms with van der Waals surface area (Å²) in [5.74, 6) is -0.0498. The van der Waals surface area contributed by atoms with Crippen LogP contribution in [0.1, 0.15) is 28.8 Å². The summed E-state index contributed by atoms with van der Waals surface area (Å²) < 4.78 is 0. The van der Waals surface area contributed by atoms with E-state index >= 15 is 0 Å². The van der Waals surface area contributed by atoms with E-state index in [-0.39, 0.29) is 24.4 Å². The fourth-order valence-corrected chi connectivity index (χ4v) is 3.96. The molecule has 0 unspecified atom stereocenters. The minimum absolute atomic E-state index is 0.0687. The Hall–Kier alpha value is -1.73. The number of aromatic nitrogens is 1. The van der Waals surface area contributed by atoms with E-state index in [1.807, 2.05) is 16.8 Å². The lowest BCUT2D eigenvalue weighted by Gasteiger charge is -2.19. The third kappa shape index (κ3) is 3.72. The van der Waals surface area contributed by atoms with Gasteiger partial charge in [0.25, 0.3) is 0 Å². The quantitative estimate of drug-likeness (QED) is 0.880. The molecule has 1 fully saturated rings. The van der Waals surface area contributed by atoms with Crippen LogP contribution in [0.3, 0.4) is 0 Å². The molecule has 3 heterocycles. The first-order chi connectivity index (χ1) is 10.7. The number of hydrogen-bond donors (Lipinski definition) is 1. The molecule has 0 radical (unpaired) electrons. The summed E-state index contributed by atoms with van der Waals surface area (Å²) in [4.78, 5) is 31.0. The molecule has 7 heteroatoms. The van der Waals surface area contributed by atoms with Gasteiger partial charge < -0.3 is 10.2 Å². The third-order valence-electron chi connectivity index (χ3n) is 3.58. The van der Waals surface area contributed by atoms with Gasteiger partial charge in [-0.3, -0.25) is 9.59 Å². The van der Waals surface area contributed by atoms with Crippen LogP contribution >= 0.6 is 22.7 Å². The van der Waals surface area contributed by atoms with Crippen molar-refractivity contribution in [1.29, 1.82) is 0 Å². The molecular weight excluding hydrogens is 318 g/mol. The molecule has 2 amide bonds. The maximum absolute atomic E-state index is 12.3. The number of nitrogens with one attached hydrogen (secondary N) is 1. The third-order valence-corrected chi connectivity index (χ3v) is 5.36. The molecule has 0 aliphatic carbocycles. The van der Waals surface area contributed by atoms with E-state index in [9.17, 15) is 9.59 Å². The van der Waals surface area contributed by atoms with Crippen LogP contribution in [-0.4, -0.2) is 34.8 Å². The van der Waals surface area contributed by atoms with Crippen LogP contribution in [0.5, 0.6) is 0 Å². The zero-order valence-electron chi connectivity index (χ0n) is 12.0. The second-order valence-electron chi connectivity index (χ2n) is 5.19. The van der Waals surface area contributed by atoms with Gasteiger partial charge in [0.1, 0.15) is 5.01 Å². The monoisotopic (exact) mass is 335 g/mol. The van der Waals surface area contributed by atoms with Crippen molar-refractivity contribution in [1.82, 2.24) is 15.2 Å². The summed E-state index contributed by atoms with van der Waals surface area (Å²) in [6, 6.07) is 3.93. The molecule has 0 saturated carbocycles. The minimum Gasteiger partial charge on any atom is -0.345 e. The summed E-state index contributed by atoms with van der Waals surface area (Å²) in [5, 5.41) is 7.86. The summed E-state index contributed by atoms with van der Waals surface area (Å²) >= 11 is 3.21. The van der Waals surface area contributed by atoms with Gasteiger partial charge in [-0.2, -0.15) is 0 Å². The Morgan fingerprint density at radius 2 is 2.32 bits per heavy atom. The van der Waals surface area contributed by atoms with E-state index in [4.69, 9.17) is 0 Å². The van der Waals surface area contributed by atoms with Crippen molar-refractivity contribution in [3.8, 4) is 0 Å². The zero-order valence-corrected chi connectivity index (χ0v) is 13.7. The van der Waals surface area contributed by atoms with E-state index in [0.29, 0.717) is 13.0 Å². The van der Waals surface area contributed by atoms with Gasteiger partial charge in [-0.1, -0.05) is 6.07 Å². The molecular formula is C15H17N3O2S2. The highest BCUT2D eigenvalue weighted by atomic mass is 32.1. The van der Waals surface area contributed by atoms with E-state index in [0.717, 1.165) is 17.8 Å². The molecule has 1 saturated heterocycles. The minimum atomic E-state index is -0.135. The first kappa shape index (κ1) is 15.2. The molecule has 1 atom stereocenters. The highest BCUT2D eigenvalue weighted by Crippen LogP contribution is 2.23. The predicted molar refractivity (Wildman–Crippen MR) is 86.8 cm³/mol. The average molecular weight is 335 g/mol. The molecule has 2 aromatic heterocycles. The predicted octanol–water partition coefficient (Wildman–Crippen LogP) is 2.23. The molecule has 3 rings (SSSR count). The lowest BCUT2D eigenvalue weighted by Crippen LogP contribution is -2.39. The van der Waals surface area contributed by atoms with Crippen LogP contribution in [0.15, 0.2) is 29.1 Å². The highest BCUT2D eigenvalue weighted by molar-refractivity contribution is 7.10. The van der Waals surface area contributed by atoms with E-state index in [2.05, 4.69) is 16.4 Å². The molecule has 1 aliphatic rings. The Morgan fingerprint density at radius 3 is 2.95 bits per heavy atom. The van der Waals surface area contributed by atoms with Crippen LogP contribution in [0.2, 0.25) is 0 Å². The van der Waals surface area contributed by atoms with E-state index in [1.165, 1.54) is 16.2 Å². The van der Waals surface area contributed by atoms with Gasteiger partial charge in [0, 0.05) is 35.8 Å². The maximum atomic E-state index is 12.3. The zero-order chi connectivity index (χ0) is 15.4. The molecule has 1 N–H and O–H groups in total. The standard InChI is InChI=1S/C15H17N3O2S2/c19-13(10-18-6-1-4-14(18)20)17-12(15-16-5-8-22-15)9-11-3-2-7-21-11/h2-3,5,7-8,12H,1,4,6,9-10H2,(H,17,19)/t12-/m1/s1. The number of carbonyl (C=O) groups excluding carboxylic acids is 2. The Labute approximate surface area is 137 Å². The summed E-state index contributed by atoms with van der Waals surface area (Å²) in [6.45, 7) is 0.824. The van der Waals surface area contributed by atoms with Crippen molar-refractivity contribution in [2.75, 3.05) is 13.1 Å². The number of nitrogens with zero attached hydrogens (tertiary/aromatic N) is 2. The Kier molecular flexibility index (Phi) is 4.84. The first-order valence-corrected chi connectivity index (χ1v) is 8.97. The topological polar surface area (TPSA) is 62.3 Å². The van der Waals surface area contributed by atoms with Gasteiger partial charge in [-0.25, -0.2) is 4.98 Å². The molecule has 1 aliphatic heterocycles. The smallest absolute Gasteiger partial charge is 0.240 e. The van der Waals surface area contributed by atoms with Crippen molar-refractivity contribution >= 4 is 34.5 Å². The van der Waals surface area contributed by atoms with Crippen molar-refractivity contribution in [3.05, 3.63) is 39.0 Å². The average Bonchev–Trinajstić information content (AvgIpc) is 3.22. The second kappa shape index (κ2) is 7.02. The summed E-state index contributed by atoms with van der Waals surface area (Å²) in [7, 11) is 0. The van der Waals surface area contributed by atoms with Gasteiger partial charge in [0.2, 0.25) is 11.8 Å². The van der Waals surface area contributed by atoms with Crippen LogP contribution in [0.4, 0.5) is 0 Å². The SMILES string of the molecule is O=C(CN1CCCC1=O)N[C@H](Cc1cccs1)c1nccs1. The second-order valence-corrected chi connectivity index (χ2v) is 7.15. The number of amides is 2.